The van der Waals surface area contributed by atoms with E-state index in [4.69, 9.17) is 14.5 Å². The minimum Gasteiger partial charge on any atom is -0.382 e. The molecule has 1 rings (SSSR count). The lowest BCUT2D eigenvalue weighted by Crippen LogP contribution is -2.40. The van der Waals surface area contributed by atoms with Crippen LogP contribution in [0, 0.1) is 11.8 Å². The number of hydrogen-bond donors (Lipinski definition) is 1. The highest BCUT2D eigenvalue weighted by Crippen LogP contribution is 2.17. The summed E-state index contributed by atoms with van der Waals surface area (Å²) in [6.07, 6.45) is 3.59. The molecule has 1 aliphatic rings. The molecule has 0 aliphatic carbocycles. The van der Waals surface area contributed by atoms with Crippen molar-refractivity contribution in [1.82, 2.24) is 10.2 Å². The van der Waals surface area contributed by atoms with E-state index >= 15 is 0 Å². The molecule has 1 unspecified atom stereocenters. The summed E-state index contributed by atoms with van der Waals surface area (Å²) >= 11 is 0. The predicted octanol–water partition coefficient (Wildman–Crippen LogP) is 2.99. The van der Waals surface area contributed by atoms with E-state index in [2.05, 4.69) is 31.0 Å². The first-order valence-corrected chi connectivity index (χ1v) is 8.84. The van der Waals surface area contributed by atoms with Gasteiger partial charge in [-0.05, 0) is 19.3 Å². The quantitative estimate of drug-likeness (QED) is 0.245. The monoisotopic (exact) mass is 441 g/mol. The van der Waals surface area contributed by atoms with Crippen LogP contribution in [-0.2, 0) is 9.47 Å². The maximum absolute atomic E-state index is 5.67. The van der Waals surface area contributed by atoms with Crippen molar-refractivity contribution < 1.29 is 9.47 Å². The van der Waals surface area contributed by atoms with Gasteiger partial charge in [0.15, 0.2) is 5.96 Å². The molecule has 0 bridgehead atoms. The van der Waals surface area contributed by atoms with Crippen LogP contribution in [0.5, 0.6) is 0 Å². The third-order valence-corrected chi connectivity index (χ3v) is 4.36. The van der Waals surface area contributed by atoms with Gasteiger partial charge in [0.1, 0.15) is 0 Å². The summed E-state index contributed by atoms with van der Waals surface area (Å²) in [6, 6.07) is 0. The number of halogens is 1. The molecule has 0 aromatic carbocycles. The Hall–Kier alpha value is -0.0800. The Bertz CT molecular complexity index is 312. The number of ether oxygens (including phenoxy) is 2. The summed E-state index contributed by atoms with van der Waals surface area (Å²) in [6.45, 7) is 12.8. The van der Waals surface area contributed by atoms with Gasteiger partial charge in [-0.25, -0.2) is 0 Å². The standard InChI is InChI=1S/C17H35N3O2.HI/c1-5-15(6-2)12-19-17(18-7-3)20-9-8-16(13-20)14-22-11-10-21-4;/h15-16H,5-14H2,1-4H3,(H,18,19);1H. The lowest BCUT2D eigenvalue weighted by Gasteiger charge is -2.22. The molecule has 1 aliphatic heterocycles. The fraction of sp³-hybridized carbons (Fsp3) is 0.941. The molecule has 1 heterocycles. The molecule has 0 radical (unpaired) electrons. The number of hydrogen-bond acceptors (Lipinski definition) is 3. The molecule has 0 saturated carbocycles. The average Bonchev–Trinajstić information content (AvgIpc) is 3.00. The smallest absolute Gasteiger partial charge is 0.193 e. The van der Waals surface area contributed by atoms with E-state index < -0.39 is 0 Å². The van der Waals surface area contributed by atoms with Crippen LogP contribution in [0.4, 0.5) is 0 Å². The first-order chi connectivity index (χ1) is 10.7. The zero-order valence-corrected chi connectivity index (χ0v) is 17.7. The number of nitrogens with one attached hydrogen (secondary N) is 1. The fourth-order valence-electron chi connectivity index (χ4n) is 2.74. The van der Waals surface area contributed by atoms with E-state index in [1.165, 1.54) is 19.3 Å². The second-order valence-electron chi connectivity index (χ2n) is 6.05. The molecule has 1 atom stereocenters. The number of rotatable bonds is 10. The minimum atomic E-state index is 0. The molecular weight excluding hydrogens is 405 g/mol. The molecule has 5 nitrogen and oxygen atoms in total. The molecule has 0 spiro atoms. The normalized spacial score (nSPS) is 18.4. The van der Waals surface area contributed by atoms with Crippen molar-refractivity contribution in [3.63, 3.8) is 0 Å². The van der Waals surface area contributed by atoms with Gasteiger partial charge in [0.25, 0.3) is 0 Å². The summed E-state index contributed by atoms with van der Waals surface area (Å²) in [4.78, 5) is 7.24. The first-order valence-electron chi connectivity index (χ1n) is 8.84. The van der Waals surface area contributed by atoms with E-state index in [1.54, 1.807) is 7.11 Å². The first kappa shape index (κ1) is 22.9. The van der Waals surface area contributed by atoms with Gasteiger partial charge in [-0.1, -0.05) is 26.7 Å². The molecule has 1 N–H and O–H groups in total. The van der Waals surface area contributed by atoms with Crippen LogP contribution in [0.3, 0.4) is 0 Å². The Labute approximate surface area is 159 Å². The largest absolute Gasteiger partial charge is 0.382 e. The predicted molar refractivity (Wildman–Crippen MR) is 108 cm³/mol. The van der Waals surface area contributed by atoms with E-state index in [1.807, 2.05) is 0 Å². The number of guanidine groups is 1. The molecule has 138 valence electrons. The molecule has 0 aromatic rings. The highest BCUT2D eigenvalue weighted by atomic mass is 127. The highest BCUT2D eigenvalue weighted by Gasteiger charge is 2.25. The third kappa shape index (κ3) is 9.10. The molecule has 6 heteroatoms. The van der Waals surface area contributed by atoms with Crippen molar-refractivity contribution in [2.24, 2.45) is 16.8 Å². The second-order valence-corrected chi connectivity index (χ2v) is 6.05. The van der Waals surface area contributed by atoms with Crippen LogP contribution < -0.4 is 5.32 Å². The SMILES string of the molecule is CCNC(=NCC(CC)CC)N1CCC(COCCOC)C1.I. The second kappa shape index (κ2) is 14.3. The van der Waals surface area contributed by atoms with Crippen LogP contribution >= 0.6 is 24.0 Å². The van der Waals surface area contributed by atoms with Crippen molar-refractivity contribution >= 4 is 29.9 Å². The van der Waals surface area contributed by atoms with E-state index in [-0.39, 0.29) is 24.0 Å². The molecule has 1 fully saturated rings. The minimum absolute atomic E-state index is 0. The Morgan fingerprint density at radius 2 is 2.00 bits per heavy atom. The van der Waals surface area contributed by atoms with E-state index in [0.717, 1.165) is 38.7 Å². The average molecular weight is 441 g/mol. The maximum atomic E-state index is 5.67. The van der Waals surface area contributed by atoms with Gasteiger partial charge < -0.3 is 19.7 Å². The van der Waals surface area contributed by atoms with Crippen molar-refractivity contribution in [3.8, 4) is 0 Å². The Morgan fingerprint density at radius 1 is 1.26 bits per heavy atom. The van der Waals surface area contributed by atoms with Crippen LogP contribution in [0.1, 0.15) is 40.0 Å². The summed E-state index contributed by atoms with van der Waals surface area (Å²) in [7, 11) is 1.71. The maximum Gasteiger partial charge on any atom is 0.193 e. The Morgan fingerprint density at radius 3 is 2.61 bits per heavy atom. The van der Waals surface area contributed by atoms with Gasteiger partial charge in [0, 0.05) is 39.2 Å². The third-order valence-electron chi connectivity index (χ3n) is 4.36. The Kier molecular flexibility index (Phi) is 14.2. The van der Waals surface area contributed by atoms with Gasteiger partial charge >= 0.3 is 0 Å². The van der Waals surface area contributed by atoms with Crippen molar-refractivity contribution in [1.29, 1.82) is 0 Å². The number of nitrogens with zero attached hydrogens (tertiary/aromatic N) is 2. The highest BCUT2D eigenvalue weighted by molar-refractivity contribution is 14.0. The summed E-state index contributed by atoms with van der Waals surface area (Å²) in [5.74, 6) is 2.38. The zero-order chi connectivity index (χ0) is 16.2. The Balaban J connectivity index is 0.00000484. The van der Waals surface area contributed by atoms with E-state index in [9.17, 15) is 0 Å². The van der Waals surface area contributed by atoms with Gasteiger partial charge in [-0.2, -0.15) is 0 Å². The topological polar surface area (TPSA) is 46.1 Å². The van der Waals surface area contributed by atoms with Crippen molar-refractivity contribution in [3.05, 3.63) is 0 Å². The summed E-state index contributed by atoms with van der Waals surface area (Å²) in [5.41, 5.74) is 0. The zero-order valence-electron chi connectivity index (χ0n) is 15.3. The van der Waals surface area contributed by atoms with Crippen LogP contribution in [0.25, 0.3) is 0 Å². The number of methoxy groups -OCH3 is 1. The van der Waals surface area contributed by atoms with Crippen LogP contribution in [0.15, 0.2) is 4.99 Å². The molecular formula is C17H36IN3O2. The molecule has 1 saturated heterocycles. The van der Waals surface area contributed by atoms with Gasteiger partial charge in [0.2, 0.25) is 0 Å². The molecule has 23 heavy (non-hydrogen) atoms. The summed E-state index contributed by atoms with van der Waals surface area (Å²) in [5, 5.41) is 3.44. The lowest BCUT2D eigenvalue weighted by molar-refractivity contribution is 0.0536. The molecule has 0 amide bonds. The van der Waals surface area contributed by atoms with Crippen molar-refractivity contribution in [2.75, 3.05) is 53.1 Å². The van der Waals surface area contributed by atoms with Gasteiger partial charge in [-0.15, -0.1) is 24.0 Å². The van der Waals surface area contributed by atoms with Crippen LogP contribution in [-0.4, -0.2) is 64.0 Å². The molecule has 0 aromatic heterocycles. The number of aliphatic imine (C=N–C) groups is 1. The van der Waals surface area contributed by atoms with Gasteiger partial charge in [0.05, 0.1) is 19.8 Å². The fourth-order valence-corrected chi connectivity index (χ4v) is 2.74. The number of likely N-dealkylation sites (tertiary alicyclic amines) is 1. The van der Waals surface area contributed by atoms with Crippen molar-refractivity contribution in [2.45, 2.75) is 40.0 Å². The van der Waals surface area contributed by atoms with Crippen LogP contribution in [0.2, 0.25) is 0 Å². The summed E-state index contributed by atoms with van der Waals surface area (Å²) < 4.78 is 10.7. The van der Waals surface area contributed by atoms with E-state index in [0.29, 0.717) is 25.0 Å². The lowest BCUT2D eigenvalue weighted by atomic mass is 10.0. The van der Waals surface area contributed by atoms with Gasteiger partial charge in [-0.3, -0.25) is 4.99 Å².